The van der Waals surface area contributed by atoms with Crippen molar-refractivity contribution in [3.8, 4) is 6.07 Å². The lowest BCUT2D eigenvalue weighted by molar-refractivity contribution is 0.0689. The van der Waals surface area contributed by atoms with Gasteiger partial charge in [0.15, 0.2) is 5.82 Å². The summed E-state index contributed by atoms with van der Waals surface area (Å²) in [6.07, 6.45) is 6.22. The fourth-order valence-electron chi connectivity index (χ4n) is 5.11. The van der Waals surface area contributed by atoms with E-state index in [9.17, 15) is 14.9 Å². The predicted molar refractivity (Wildman–Crippen MR) is 101 cm³/mol. The number of nitrogens with zero attached hydrogens (tertiary/aromatic N) is 5. The van der Waals surface area contributed by atoms with Crippen molar-refractivity contribution < 1.29 is 4.79 Å². The number of H-pyrrole nitrogens is 1. The standard InChI is InChI=1S/C20H24N6O2/c1-24-18(22-23-20(24)28)17-14(12-5-6-12)7-9-26(17)19(27)16-10-13(11-21)15-4-2-3-8-25(15)16/h10,12,14,17H,2-9H2,1H3,(H,23,28). The van der Waals surface area contributed by atoms with Crippen LogP contribution in [0.3, 0.4) is 0 Å². The minimum Gasteiger partial charge on any atom is -0.339 e. The Bertz CT molecular complexity index is 1030. The molecule has 5 rings (SSSR count). The van der Waals surface area contributed by atoms with Gasteiger partial charge < -0.3 is 9.47 Å². The van der Waals surface area contributed by atoms with Gasteiger partial charge in [0, 0.05) is 25.8 Å². The minimum absolute atomic E-state index is 0.0479. The largest absolute Gasteiger partial charge is 0.343 e. The molecule has 3 aliphatic rings. The van der Waals surface area contributed by atoms with E-state index in [-0.39, 0.29) is 17.6 Å². The fourth-order valence-corrected chi connectivity index (χ4v) is 5.11. The molecule has 28 heavy (non-hydrogen) atoms. The van der Waals surface area contributed by atoms with Crippen molar-refractivity contribution in [2.75, 3.05) is 6.54 Å². The average molecular weight is 380 g/mol. The van der Waals surface area contributed by atoms with Gasteiger partial charge in [-0.25, -0.2) is 9.89 Å². The highest BCUT2D eigenvalue weighted by Gasteiger charge is 2.48. The zero-order valence-corrected chi connectivity index (χ0v) is 16.0. The number of rotatable bonds is 3. The first-order valence-electron chi connectivity index (χ1n) is 10.1. The molecule has 1 amide bonds. The van der Waals surface area contributed by atoms with E-state index in [4.69, 9.17) is 0 Å². The average Bonchev–Trinajstić information content (AvgIpc) is 3.23. The number of carbonyl (C=O) groups excluding carboxylic acids is 1. The molecule has 2 aromatic heterocycles. The number of nitriles is 1. The van der Waals surface area contributed by atoms with Gasteiger partial charge in [0.05, 0.1) is 11.6 Å². The van der Waals surface area contributed by atoms with Crippen LogP contribution in [-0.2, 0) is 20.0 Å². The van der Waals surface area contributed by atoms with Crippen LogP contribution >= 0.6 is 0 Å². The number of likely N-dealkylation sites (tertiary alicyclic amines) is 1. The van der Waals surface area contributed by atoms with Crippen LogP contribution in [0.4, 0.5) is 0 Å². The second-order valence-corrected chi connectivity index (χ2v) is 8.29. The minimum atomic E-state index is -0.254. The fraction of sp³-hybridized carbons (Fsp3) is 0.600. The maximum Gasteiger partial charge on any atom is 0.343 e. The Hall–Kier alpha value is -2.82. The van der Waals surface area contributed by atoms with Crippen molar-refractivity contribution >= 4 is 5.91 Å². The van der Waals surface area contributed by atoms with E-state index in [1.807, 2.05) is 9.47 Å². The summed E-state index contributed by atoms with van der Waals surface area (Å²) in [5, 5.41) is 16.3. The molecule has 2 aromatic rings. The molecule has 2 unspecified atom stereocenters. The summed E-state index contributed by atoms with van der Waals surface area (Å²) >= 11 is 0. The Morgan fingerprint density at radius 2 is 2.11 bits per heavy atom. The summed E-state index contributed by atoms with van der Waals surface area (Å²) in [6, 6.07) is 3.83. The molecule has 1 saturated carbocycles. The molecule has 0 radical (unpaired) electrons. The first-order valence-corrected chi connectivity index (χ1v) is 10.1. The van der Waals surface area contributed by atoms with Gasteiger partial charge in [0.25, 0.3) is 5.91 Å². The van der Waals surface area contributed by atoms with E-state index in [1.165, 1.54) is 17.4 Å². The van der Waals surface area contributed by atoms with Gasteiger partial charge in [0.1, 0.15) is 11.8 Å². The molecule has 1 aliphatic carbocycles. The highest BCUT2D eigenvalue weighted by molar-refractivity contribution is 5.94. The summed E-state index contributed by atoms with van der Waals surface area (Å²) in [7, 11) is 1.71. The molecule has 1 saturated heterocycles. The maximum atomic E-state index is 13.6. The second-order valence-electron chi connectivity index (χ2n) is 8.29. The van der Waals surface area contributed by atoms with E-state index in [0.29, 0.717) is 35.5 Å². The summed E-state index contributed by atoms with van der Waals surface area (Å²) in [4.78, 5) is 27.5. The third-order valence-electron chi connectivity index (χ3n) is 6.71. The van der Waals surface area contributed by atoms with Crippen LogP contribution < -0.4 is 5.69 Å². The van der Waals surface area contributed by atoms with Gasteiger partial charge in [-0.15, -0.1) is 0 Å². The van der Waals surface area contributed by atoms with E-state index in [0.717, 1.165) is 37.9 Å². The molecule has 8 heteroatoms. The molecule has 0 aromatic carbocycles. The first kappa shape index (κ1) is 17.3. The highest BCUT2D eigenvalue weighted by atomic mass is 16.2. The Morgan fingerprint density at radius 1 is 1.29 bits per heavy atom. The van der Waals surface area contributed by atoms with Crippen LogP contribution in [0.25, 0.3) is 0 Å². The summed E-state index contributed by atoms with van der Waals surface area (Å²) in [5.74, 6) is 1.53. The van der Waals surface area contributed by atoms with Crippen LogP contribution in [-0.4, -0.2) is 36.7 Å². The number of amides is 1. The van der Waals surface area contributed by atoms with Crippen molar-refractivity contribution in [1.82, 2.24) is 24.2 Å². The molecule has 1 N–H and O–H groups in total. The number of carbonyl (C=O) groups is 1. The van der Waals surface area contributed by atoms with E-state index in [1.54, 1.807) is 13.1 Å². The molecule has 8 nitrogen and oxygen atoms in total. The van der Waals surface area contributed by atoms with Gasteiger partial charge in [-0.05, 0) is 56.4 Å². The van der Waals surface area contributed by atoms with Crippen molar-refractivity contribution in [3.63, 3.8) is 0 Å². The van der Waals surface area contributed by atoms with Gasteiger partial charge >= 0.3 is 5.69 Å². The quantitative estimate of drug-likeness (QED) is 0.876. The Morgan fingerprint density at radius 3 is 2.79 bits per heavy atom. The Kier molecular flexibility index (Phi) is 3.93. The van der Waals surface area contributed by atoms with Crippen molar-refractivity contribution in [2.45, 2.75) is 51.1 Å². The number of aromatic nitrogens is 4. The molecule has 2 aliphatic heterocycles. The zero-order valence-electron chi connectivity index (χ0n) is 16.0. The first-order chi connectivity index (χ1) is 13.6. The third kappa shape index (κ3) is 2.53. The molecule has 2 fully saturated rings. The molecular weight excluding hydrogens is 356 g/mol. The van der Waals surface area contributed by atoms with Crippen LogP contribution in [0.15, 0.2) is 10.9 Å². The van der Waals surface area contributed by atoms with Crippen LogP contribution in [0.5, 0.6) is 0 Å². The van der Waals surface area contributed by atoms with Crippen molar-refractivity contribution in [3.05, 3.63) is 39.3 Å². The number of aromatic amines is 1. The van der Waals surface area contributed by atoms with Gasteiger partial charge in [-0.3, -0.25) is 9.36 Å². The number of hydrogen-bond acceptors (Lipinski definition) is 4. The monoisotopic (exact) mass is 380 g/mol. The normalized spacial score (nSPS) is 24.2. The zero-order chi connectivity index (χ0) is 19.4. The number of hydrogen-bond donors (Lipinski definition) is 1. The summed E-state index contributed by atoms with van der Waals surface area (Å²) in [6.45, 7) is 1.44. The van der Waals surface area contributed by atoms with Crippen LogP contribution in [0.2, 0.25) is 0 Å². The molecular formula is C20H24N6O2. The molecule has 2 atom stereocenters. The lowest BCUT2D eigenvalue weighted by atomic mass is 9.94. The Balaban J connectivity index is 1.55. The maximum absolute atomic E-state index is 13.6. The second kappa shape index (κ2) is 6.36. The number of nitrogens with one attached hydrogen (secondary N) is 1. The van der Waals surface area contributed by atoms with Gasteiger partial charge in [-0.1, -0.05) is 0 Å². The van der Waals surface area contributed by atoms with Crippen molar-refractivity contribution in [2.24, 2.45) is 18.9 Å². The highest BCUT2D eigenvalue weighted by Crippen LogP contribution is 2.50. The molecule has 0 bridgehead atoms. The van der Waals surface area contributed by atoms with Crippen molar-refractivity contribution in [1.29, 1.82) is 5.26 Å². The number of fused-ring (bicyclic) bond motifs is 1. The van der Waals surface area contributed by atoms with E-state index >= 15 is 0 Å². The predicted octanol–water partition coefficient (Wildman–Crippen LogP) is 1.73. The third-order valence-corrected chi connectivity index (χ3v) is 6.71. The summed E-state index contributed by atoms with van der Waals surface area (Å²) < 4.78 is 3.56. The molecule has 146 valence electrons. The smallest absolute Gasteiger partial charge is 0.339 e. The van der Waals surface area contributed by atoms with E-state index in [2.05, 4.69) is 16.3 Å². The SMILES string of the molecule is Cn1c(C2C(C3CC3)CCN2C(=O)c2cc(C#N)c3n2CCCC3)n[nH]c1=O. The van der Waals surface area contributed by atoms with Crippen LogP contribution in [0, 0.1) is 23.2 Å². The summed E-state index contributed by atoms with van der Waals surface area (Å²) in [5.41, 5.74) is 1.95. The Labute approximate surface area is 162 Å². The topological polar surface area (TPSA) is 99.7 Å². The lowest BCUT2D eigenvalue weighted by Gasteiger charge is -2.28. The molecule has 4 heterocycles. The van der Waals surface area contributed by atoms with E-state index < -0.39 is 0 Å². The molecule has 0 spiro atoms. The lowest BCUT2D eigenvalue weighted by Crippen LogP contribution is -2.36. The van der Waals surface area contributed by atoms with Crippen LogP contribution in [0.1, 0.15) is 65.7 Å². The van der Waals surface area contributed by atoms with Gasteiger partial charge in [-0.2, -0.15) is 10.4 Å². The van der Waals surface area contributed by atoms with Gasteiger partial charge in [0.2, 0.25) is 0 Å².